The lowest BCUT2D eigenvalue weighted by Crippen LogP contribution is -2.36. The van der Waals surface area contributed by atoms with Gasteiger partial charge >= 0.3 is 0 Å². The number of quaternary nitrogens is 1. The third-order valence-corrected chi connectivity index (χ3v) is 3.22. The van der Waals surface area contributed by atoms with Gasteiger partial charge in [-0.2, -0.15) is 0 Å². The Hall–Kier alpha value is -1.00. The van der Waals surface area contributed by atoms with E-state index < -0.39 is 0 Å². The fraction of sp³-hybridized carbons (Fsp3) is 0.417. The van der Waals surface area contributed by atoms with Gasteiger partial charge in [0.05, 0.1) is 44.5 Å². The molecule has 1 aromatic heterocycles. The normalized spacial score (nSPS) is 12.2. The molecule has 4 heteroatoms. The maximum Gasteiger partial charge on any atom is 0.166 e. The smallest absolute Gasteiger partial charge is 0.166 e. The zero-order chi connectivity index (χ0) is 11.6. The van der Waals surface area contributed by atoms with Gasteiger partial charge in [-0.1, -0.05) is 23.9 Å². The number of nitrogens with zero attached hydrogens (tertiary/aromatic N) is 2. The van der Waals surface area contributed by atoms with E-state index in [0.717, 1.165) is 33.0 Å². The van der Waals surface area contributed by atoms with Gasteiger partial charge in [0.1, 0.15) is 0 Å². The molecule has 0 saturated heterocycles. The maximum atomic E-state index is 4.53. The van der Waals surface area contributed by atoms with E-state index in [2.05, 4.69) is 37.2 Å². The number of nitrogens with one attached hydrogen (secondary N) is 1. The fourth-order valence-electron chi connectivity index (χ4n) is 1.41. The summed E-state index contributed by atoms with van der Waals surface area (Å²) in [4.78, 5) is 7.86. The van der Waals surface area contributed by atoms with Gasteiger partial charge in [-0.05, 0) is 12.1 Å². The Bertz CT molecular complexity index is 437. The van der Waals surface area contributed by atoms with Crippen LogP contribution in [0, 0.1) is 0 Å². The molecule has 3 nitrogen and oxygen atoms in total. The topological polar surface area (TPSA) is 28.7 Å². The van der Waals surface area contributed by atoms with E-state index >= 15 is 0 Å². The largest absolute Gasteiger partial charge is 0.333 e. The molecule has 86 valence electrons. The minimum atomic E-state index is 0.993. The third-order valence-electron chi connectivity index (χ3n) is 2.37. The Morgan fingerprint density at radius 2 is 2.00 bits per heavy atom. The predicted molar refractivity (Wildman–Crippen MR) is 69.7 cm³/mol. The van der Waals surface area contributed by atoms with Crippen molar-refractivity contribution in [1.29, 1.82) is 0 Å². The summed E-state index contributed by atoms with van der Waals surface area (Å²) in [5.74, 6) is 1.09. The standard InChI is InChI=1S/C12H18N3S/c1-15(2,3)8-9-16-12-13-10-6-4-5-7-11(10)14-12/h4-7H,8-9H2,1-3H3,(H,13,14)/q+1. The molecule has 0 aliphatic rings. The highest BCUT2D eigenvalue weighted by Crippen LogP contribution is 2.19. The van der Waals surface area contributed by atoms with Crippen LogP contribution in [0.2, 0.25) is 0 Å². The van der Waals surface area contributed by atoms with Crippen LogP contribution in [0.3, 0.4) is 0 Å². The number of imidazole rings is 1. The van der Waals surface area contributed by atoms with E-state index in [1.807, 2.05) is 18.2 Å². The Morgan fingerprint density at radius 3 is 2.69 bits per heavy atom. The van der Waals surface area contributed by atoms with Crippen molar-refractivity contribution in [3.05, 3.63) is 24.3 Å². The molecule has 2 rings (SSSR count). The van der Waals surface area contributed by atoms with E-state index in [-0.39, 0.29) is 0 Å². The SMILES string of the molecule is C[N+](C)(C)CCSc1nc2ccccc2[nH]1. The quantitative estimate of drug-likeness (QED) is 0.652. The van der Waals surface area contributed by atoms with Gasteiger partial charge in [0.2, 0.25) is 0 Å². The number of fused-ring (bicyclic) bond motifs is 1. The molecule has 0 spiro atoms. The van der Waals surface area contributed by atoms with Gasteiger partial charge in [0, 0.05) is 0 Å². The zero-order valence-corrected chi connectivity index (χ0v) is 10.8. The summed E-state index contributed by atoms with van der Waals surface area (Å²) in [5, 5.41) is 1.02. The van der Waals surface area contributed by atoms with Crippen molar-refractivity contribution in [1.82, 2.24) is 9.97 Å². The van der Waals surface area contributed by atoms with Gasteiger partial charge in [-0.3, -0.25) is 0 Å². The molecule has 1 aromatic carbocycles. The van der Waals surface area contributed by atoms with Crippen molar-refractivity contribution in [2.24, 2.45) is 0 Å². The molecule has 0 radical (unpaired) electrons. The molecule has 1 N–H and O–H groups in total. The molecule has 0 atom stereocenters. The maximum absolute atomic E-state index is 4.53. The Labute approximate surface area is 100 Å². The monoisotopic (exact) mass is 236 g/mol. The number of thioether (sulfide) groups is 1. The number of rotatable bonds is 4. The highest BCUT2D eigenvalue weighted by Gasteiger charge is 2.08. The van der Waals surface area contributed by atoms with Gasteiger partial charge in [-0.25, -0.2) is 4.98 Å². The molecular formula is C12H18N3S+. The van der Waals surface area contributed by atoms with Crippen LogP contribution in [0.15, 0.2) is 29.4 Å². The molecule has 0 fully saturated rings. The first kappa shape index (κ1) is 11.5. The number of aromatic amines is 1. The minimum Gasteiger partial charge on any atom is -0.333 e. The second-order valence-corrected chi connectivity index (χ2v) is 6.01. The molecule has 0 saturated carbocycles. The van der Waals surface area contributed by atoms with E-state index in [0.29, 0.717) is 0 Å². The average Bonchev–Trinajstić information content (AvgIpc) is 2.57. The van der Waals surface area contributed by atoms with Crippen LogP contribution in [0.4, 0.5) is 0 Å². The van der Waals surface area contributed by atoms with Crippen LogP contribution in [-0.4, -0.2) is 47.9 Å². The lowest BCUT2D eigenvalue weighted by atomic mass is 10.3. The van der Waals surface area contributed by atoms with E-state index in [1.54, 1.807) is 11.8 Å². The van der Waals surface area contributed by atoms with Crippen molar-refractivity contribution in [3.63, 3.8) is 0 Å². The molecule has 0 unspecified atom stereocenters. The Morgan fingerprint density at radius 1 is 1.25 bits per heavy atom. The van der Waals surface area contributed by atoms with Crippen LogP contribution < -0.4 is 0 Å². The first-order valence-electron chi connectivity index (χ1n) is 5.43. The van der Waals surface area contributed by atoms with Crippen molar-refractivity contribution in [3.8, 4) is 0 Å². The van der Waals surface area contributed by atoms with Crippen LogP contribution in [0.25, 0.3) is 11.0 Å². The van der Waals surface area contributed by atoms with Crippen LogP contribution >= 0.6 is 11.8 Å². The van der Waals surface area contributed by atoms with E-state index in [9.17, 15) is 0 Å². The molecule has 1 heterocycles. The molecule has 0 aliphatic heterocycles. The third kappa shape index (κ3) is 3.00. The number of H-pyrrole nitrogens is 1. The Balaban J connectivity index is 2.00. The minimum absolute atomic E-state index is 0.993. The molecule has 0 aliphatic carbocycles. The molecule has 2 aromatic rings. The highest BCUT2D eigenvalue weighted by molar-refractivity contribution is 7.99. The van der Waals surface area contributed by atoms with E-state index in [4.69, 9.17) is 0 Å². The summed E-state index contributed by atoms with van der Waals surface area (Å²) < 4.78 is 0.993. The number of hydrogen-bond donors (Lipinski definition) is 1. The van der Waals surface area contributed by atoms with Crippen LogP contribution in [0.1, 0.15) is 0 Å². The predicted octanol–water partition coefficient (Wildman–Crippen LogP) is 2.36. The first-order valence-corrected chi connectivity index (χ1v) is 6.41. The Kier molecular flexibility index (Phi) is 3.21. The first-order chi connectivity index (χ1) is 7.54. The van der Waals surface area contributed by atoms with Crippen molar-refractivity contribution in [2.45, 2.75) is 5.16 Å². The average molecular weight is 236 g/mol. The molecule has 0 bridgehead atoms. The summed E-state index contributed by atoms with van der Waals surface area (Å²) in [5.41, 5.74) is 2.17. The van der Waals surface area contributed by atoms with Crippen molar-refractivity contribution >= 4 is 22.8 Å². The summed E-state index contributed by atoms with van der Waals surface area (Å²) in [7, 11) is 6.62. The number of aromatic nitrogens is 2. The highest BCUT2D eigenvalue weighted by atomic mass is 32.2. The number of benzene rings is 1. The van der Waals surface area contributed by atoms with E-state index in [1.165, 1.54) is 0 Å². The summed E-state index contributed by atoms with van der Waals surface area (Å²) in [6.45, 7) is 1.14. The number of para-hydroxylation sites is 2. The molecular weight excluding hydrogens is 218 g/mol. The fourth-order valence-corrected chi connectivity index (χ4v) is 2.59. The molecule has 16 heavy (non-hydrogen) atoms. The second-order valence-electron chi connectivity index (χ2n) is 4.92. The zero-order valence-electron chi connectivity index (χ0n) is 10.0. The lowest BCUT2D eigenvalue weighted by molar-refractivity contribution is -0.867. The summed E-state index contributed by atoms with van der Waals surface area (Å²) >= 11 is 1.79. The van der Waals surface area contributed by atoms with Crippen molar-refractivity contribution < 1.29 is 4.48 Å². The van der Waals surface area contributed by atoms with Gasteiger partial charge < -0.3 is 9.47 Å². The summed E-state index contributed by atoms with van der Waals surface area (Å²) in [6, 6.07) is 8.15. The van der Waals surface area contributed by atoms with Gasteiger partial charge in [0.15, 0.2) is 5.16 Å². The number of hydrogen-bond acceptors (Lipinski definition) is 2. The summed E-state index contributed by atoms with van der Waals surface area (Å²) in [6.07, 6.45) is 0. The van der Waals surface area contributed by atoms with Crippen molar-refractivity contribution in [2.75, 3.05) is 33.4 Å². The lowest BCUT2D eigenvalue weighted by Gasteiger charge is -2.23. The molecule has 0 amide bonds. The van der Waals surface area contributed by atoms with Crippen LogP contribution in [-0.2, 0) is 0 Å². The van der Waals surface area contributed by atoms with Gasteiger partial charge in [-0.15, -0.1) is 0 Å². The van der Waals surface area contributed by atoms with Gasteiger partial charge in [0.25, 0.3) is 0 Å². The van der Waals surface area contributed by atoms with Crippen LogP contribution in [0.5, 0.6) is 0 Å². The second kappa shape index (κ2) is 4.47.